The Hall–Kier alpha value is -3.66. The summed E-state index contributed by atoms with van der Waals surface area (Å²) in [4.78, 5) is 18.2. The Kier molecular flexibility index (Phi) is 6.76. The number of furan rings is 1. The molecule has 0 aliphatic heterocycles. The smallest absolute Gasteiger partial charge is 0.282 e. The van der Waals surface area contributed by atoms with Crippen LogP contribution in [0.1, 0.15) is 26.3 Å². The first-order valence-corrected chi connectivity index (χ1v) is 12.9. The zero-order valence-electron chi connectivity index (χ0n) is 21.0. The number of hydrogen-bond donors (Lipinski definition) is 0. The molecule has 0 atom stereocenters. The summed E-state index contributed by atoms with van der Waals surface area (Å²) in [6, 6.07) is 20.4. The van der Waals surface area contributed by atoms with Crippen molar-refractivity contribution < 1.29 is 13.9 Å². The van der Waals surface area contributed by atoms with E-state index in [2.05, 4.69) is 48.5 Å². The summed E-state index contributed by atoms with van der Waals surface area (Å²) in [6.07, 6.45) is 1.64. The van der Waals surface area contributed by atoms with Crippen LogP contribution in [0.5, 0.6) is 11.5 Å². The van der Waals surface area contributed by atoms with Crippen LogP contribution in [0.4, 0.5) is 0 Å². The van der Waals surface area contributed by atoms with Crippen molar-refractivity contribution in [2.75, 3.05) is 13.7 Å². The van der Waals surface area contributed by atoms with Crippen LogP contribution >= 0.6 is 22.6 Å². The number of ether oxygens (including phenoxy) is 2. The molecule has 2 heterocycles. The van der Waals surface area contributed by atoms with Gasteiger partial charge in [0.2, 0.25) is 5.82 Å². The molecule has 0 bridgehead atoms. The molecule has 0 amide bonds. The number of nitrogens with zero attached hydrogens (tertiary/aromatic N) is 3. The van der Waals surface area contributed by atoms with E-state index in [1.54, 1.807) is 25.5 Å². The van der Waals surface area contributed by atoms with E-state index in [9.17, 15) is 4.79 Å². The highest BCUT2D eigenvalue weighted by Crippen LogP contribution is 2.33. The molecule has 3 aromatic carbocycles. The first-order chi connectivity index (χ1) is 17.7. The Morgan fingerprint density at radius 2 is 1.84 bits per heavy atom. The van der Waals surface area contributed by atoms with Crippen molar-refractivity contribution in [2.45, 2.75) is 20.8 Å². The largest absolute Gasteiger partial charge is 0.496 e. The van der Waals surface area contributed by atoms with Gasteiger partial charge in [-0.15, -0.1) is 0 Å². The second kappa shape index (κ2) is 10.0. The Morgan fingerprint density at radius 1 is 1.03 bits per heavy atom. The molecule has 0 aliphatic carbocycles. The second-order valence-electron chi connectivity index (χ2n) is 9.84. The zero-order valence-corrected chi connectivity index (χ0v) is 23.1. The Bertz CT molecular complexity index is 1700. The van der Waals surface area contributed by atoms with E-state index in [4.69, 9.17) is 18.9 Å². The molecule has 2 aromatic heterocycles. The van der Waals surface area contributed by atoms with Gasteiger partial charge in [0.1, 0.15) is 17.1 Å². The van der Waals surface area contributed by atoms with Gasteiger partial charge in [-0.3, -0.25) is 4.79 Å². The van der Waals surface area contributed by atoms with Crippen molar-refractivity contribution in [1.82, 2.24) is 9.66 Å². The molecule has 188 valence electrons. The first kappa shape index (κ1) is 25.0. The summed E-state index contributed by atoms with van der Waals surface area (Å²) in [5.41, 5.74) is 1.79. The average molecular weight is 607 g/mol. The molecule has 0 saturated carbocycles. The highest BCUT2D eigenvalue weighted by molar-refractivity contribution is 14.1. The van der Waals surface area contributed by atoms with E-state index < -0.39 is 0 Å². The van der Waals surface area contributed by atoms with E-state index in [-0.39, 0.29) is 11.0 Å². The Morgan fingerprint density at radius 3 is 2.59 bits per heavy atom. The first-order valence-electron chi connectivity index (χ1n) is 11.8. The molecule has 0 spiro atoms. The number of para-hydroxylation sites is 1. The van der Waals surface area contributed by atoms with Gasteiger partial charge in [-0.2, -0.15) is 9.78 Å². The molecule has 7 nitrogen and oxygen atoms in total. The molecule has 0 fully saturated rings. The summed E-state index contributed by atoms with van der Waals surface area (Å²) >= 11 is 2.25. The maximum Gasteiger partial charge on any atom is 0.282 e. The molecule has 0 unspecified atom stereocenters. The summed E-state index contributed by atoms with van der Waals surface area (Å²) in [6.45, 7) is 7.00. The fourth-order valence-electron chi connectivity index (χ4n) is 3.85. The molecule has 0 saturated heterocycles. The second-order valence-corrected chi connectivity index (χ2v) is 11.0. The summed E-state index contributed by atoms with van der Waals surface area (Å²) in [5.74, 6) is 2.21. The van der Waals surface area contributed by atoms with Crippen molar-refractivity contribution in [1.29, 1.82) is 0 Å². The van der Waals surface area contributed by atoms with E-state index in [1.165, 1.54) is 4.68 Å². The number of methoxy groups -OCH3 is 1. The van der Waals surface area contributed by atoms with Crippen LogP contribution in [-0.2, 0) is 0 Å². The number of fused-ring (bicyclic) bond motifs is 2. The molecule has 5 aromatic rings. The molecule has 37 heavy (non-hydrogen) atoms. The molecule has 0 N–H and O–H groups in total. The number of rotatable bonds is 6. The van der Waals surface area contributed by atoms with Gasteiger partial charge in [0.15, 0.2) is 5.76 Å². The fourth-order valence-corrected chi connectivity index (χ4v) is 4.54. The highest BCUT2D eigenvalue weighted by Gasteiger charge is 2.18. The van der Waals surface area contributed by atoms with E-state index in [0.717, 1.165) is 20.3 Å². The molecule has 5 rings (SSSR count). The SMILES string of the molecule is COc1cccc2oc(-c3nc4ccccc4c(=O)n3N=Cc3ccc(OCC(C)(C)C)c(I)c3)cc12. The summed E-state index contributed by atoms with van der Waals surface area (Å²) in [5, 5.41) is 5.81. The third-order valence-corrected chi connectivity index (χ3v) is 6.50. The maximum absolute atomic E-state index is 13.5. The number of aromatic nitrogens is 2. The minimum atomic E-state index is -0.288. The molecular formula is C29H26IN3O4. The predicted octanol–water partition coefficient (Wildman–Crippen LogP) is 6.73. The monoisotopic (exact) mass is 607 g/mol. The molecular weight excluding hydrogens is 581 g/mol. The summed E-state index contributed by atoms with van der Waals surface area (Å²) < 4.78 is 19.8. The lowest BCUT2D eigenvalue weighted by Gasteiger charge is -2.19. The van der Waals surface area contributed by atoms with Crippen molar-refractivity contribution in [3.05, 3.63) is 86.2 Å². The number of halogens is 1. The molecule has 0 aliphatic rings. The van der Waals surface area contributed by atoms with Crippen molar-refractivity contribution in [2.24, 2.45) is 10.5 Å². The van der Waals surface area contributed by atoms with Gasteiger partial charge < -0.3 is 13.9 Å². The number of benzene rings is 3. The lowest BCUT2D eigenvalue weighted by molar-refractivity contribution is 0.196. The van der Waals surface area contributed by atoms with E-state index >= 15 is 0 Å². The lowest BCUT2D eigenvalue weighted by atomic mass is 9.99. The average Bonchev–Trinajstić information content (AvgIpc) is 3.31. The van der Waals surface area contributed by atoms with Gasteiger partial charge in [0.25, 0.3) is 5.56 Å². The third kappa shape index (κ3) is 5.24. The van der Waals surface area contributed by atoms with Crippen LogP contribution < -0.4 is 15.0 Å². The predicted molar refractivity (Wildman–Crippen MR) is 155 cm³/mol. The Balaban J connectivity index is 1.59. The fraction of sp³-hybridized carbons (Fsp3) is 0.207. The third-order valence-electron chi connectivity index (χ3n) is 5.65. The van der Waals surface area contributed by atoms with Crippen LogP contribution in [0.15, 0.2) is 81.0 Å². The quantitative estimate of drug-likeness (QED) is 0.158. The van der Waals surface area contributed by atoms with Crippen LogP contribution in [-0.4, -0.2) is 29.6 Å². The van der Waals surface area contributed by atoms with Crippen LogP contribution in [0, 0.1) is 8.99 Å². The van der Waals surface area contributed by atoms with Crippen LogP contribution in [0.2, 0.25) is 0 Å². The summed E-state index contributed by atoms with van der Waals surface area (Å²) in [7, 11) is 1.61. The van der Waals surface area contributed by atoms with Gasteiger partial charge in [-0.25, -0.2) is 4.98 Å². The Labute approximate surface area is 227 Å². The van der Waals surface area contributed by atoms with Crippen molar-refractivity contribution >= 4 is 50.7 Å². The topological polar surface area (TPSA) is 78.9 Å². The van der Waals surface area contributed by atoms with Crippen LogP contribution in [0.3, 0.4) is 0 Å². The lowest BCUT2D eigenvalue weighted by Crippen LogP contribution is -2.20. The van der Waals surface area contributed by atoms with E-state index in [1.807, 2.05) is 54.6 Å². The molecule has 8 heteroatoms. The number of hydrogen-bond acceptors (Lipinski definition) is 6. The maximum atomic E-state index is 13.5. The normalized spacial score (nSPS) is 12.0. The minimum Gasteiger partial charge on any atom is -0.496 e. The van der Waals surface area contributed by atoms with Gasteiger partial charge in [-0.1, -0.05) is 39.0 Å². The van der Waals surface area contributed by atoms with E-state index in [0.29, 0.717) is 40.4 Å². The standard InChI is InChI=1S/C29H26IN3O4/c1-29(2,3)17-36-25-13-12-18(14-21(25)30)16-31-33-27(32-22-9-6-5-8-19(22)28(33)34)26-15-20-23(35-4)10-7-11-24(20)37-26/h5-16H,17H2,1-4H3. The van der Waals surface area contributed by atoms with Gasteiger partial charge in [0, 0.05) is 0 Å². The van der Waals surface area contributed by atoms with Gasteiger partial charge in [-0.05, 0) is 82.1 Å². The minimum absolute atomic E-state index is 0.0601. The van der Waals surface area contributed by atoms with Gasteiger partial charge >= 0.3 is 0 Å². The van der Waals surface area contributed by atoms with Crippen molar-refractivity contribution in [3.8, 4) is 23.1 Å². The van der Waals surface area contributed by atoms with Crippen molar-refractivity contribution in [3.63, 3.8) is 0 Å². The zero-order chi connectivity index (χ0) is 26.2. The molecule has 0 radical (unpaired) electrons. The van der Waals surface area contributed by atoms with Crippen LogP contribution in [0.25, 0.3) is 33.5 Å². The highest BCUT2D eigenvalue weighted by atomic mass is 127. The van der Waals surface area contributed by atoms with Gasteiger partial charge in [0.05, 0.1) is 39.8 Å².